The number of nitro groups is 1. The average Bonchev–Trinajstić information content (AvgIpc) is 2.61. The first-order valence-corrected chi connectivity index (χ1v) is 7.96. The van der Waals surface area contributed by atoms with Crippen molar-refractivity contribution in [3.8, 4) is 5.75 Å². The van der Waals surface area contributed by atoms with E-state index in [1.54, 1.807) is 6.07 Å². The van der Waals surface area contributed by atoms with Crippen LogP contribution >= 0.6 is 0 Å². The molecular weight excluding hydrogens is 320 g/mol. The third-order valence-corrected chi connectivity index (χ3v) is 4.07. The largest absolute Gasteiger partial charge is 0.506 e. The highest BCUT2D eigenvalue weighted by atomic mass is 16.6. The summed E-state index contributed by atoms with van der Waals surface area (Å²) in [5, 5.41) is 29.1. The van der Waals surface area contributed by atoms with Crippen molar-refractivity contribution in [3.63, 3.8) is 0 Å². The zero-order valence-electron chi connectivity index (χ0n) is 13.6. The van der Waals surface area contributed by atoms with Crippen LogP contribution in [-0.4, -0.2) is 23.1 Å². The van der Waals surface area contributed by atoms with Crippen molar-refractivity contribution in [2.24, 2.45) is 10.2 Å². The van der Waals surface area contributed by atoms with Crippen LogP contribution in [0.1, 0.15) is 12.0 Å². The van der Waals surface area contributed by atoms with Crippen molar-refractivity contribution >= 4 is 22.7 Å². The fourth-order valence-corrected chi connectivity index (χ4v) is 2.86. The standard InChI is InChI=1S/C18H18N4O3/c1-2-9-21-10-3-4-13-11-16(18(23)12-17(13)21)20-19-14-5-7-15(8-6-14)22(24)25/h2,5-8,11-12,23H,1,3-4,9-10H2. The van der Waals surface area contributed by atoms with Gasteiger partial charge < -0.3 is 10.0 Å². The predicted molar refractivity (Wildman–Crippen MR) is 96.1 cm³/mol. The summed E-state index contributed by atoms with van der Waals surface area (Å²) >= 11 is 0. The van der Waals surface area contributed by atoms with Gasteiger partial charge in [0.2, 0.25) is 0 Å². The van der Waals surface area contributed by atoms with E-state index in [2.05, 4.69) is 21.7 Å². The molecule has 1 heterocycles. The quantitative estimate of drug-likeness (QED) is 0.371. The normalized spacial score (nSPS) is 13.7. The summed E-state index contributed by atoms with van der Waals surface area (Å²) in [5.74, 6) is 0.0559. The summed E-state index contributed by atoms with van der Waals surface area (Å²) < 4.78 is 0. The van der Waals surface area contributed by atoms with Crippen molar-refractivity contribution in [1.29, 1.82) is 0 Å². The number of phenolic OH excluding ortho intramolecular Hbond substituents is 1. The number of aryl methyl sites for hydroxylation is 1. The molecule has 3 rings (SSSR count). The van der Waals surface area contributed by atoms with Gasteiger partial charge in [-0.05, 0) is 36.6 Å². The molecule has 1 aliphatic heterocycles. The zero-order chi connectivity index (χ0) is 17.8. The summed E-state index contributed by atoms with van der Waals surface area (Å²) in [6.45, 7) is 5.43. The number of fused-ring (bicyclic) bond motifs is 1. The summed E-state index contributed by atoms with van der Waals surface area (Å²) in [7, 11) is 0. The monoisotopic (exact) mass is 338 g/mol. The van der Waals surface area contributed by atoms with Crippen LogP contribution < -0.4 is 4.90 Å². The molecule has 0 aromatic heterocycles. The van der Waals surface area contributed by atoms with E-state index in [1.807, 2.05) is 12.1 Å². The molecule has 1 N–H and O–H groups in total. The number of hydrogen-bond acceptors (Lipinski definition) is 6. The van der Waals surface area contributed by atoms with Gasteiger partial charge in [0, 0.05) is 37.0 Å². The third-order valence-electron chi connectivity index (χ3n) is 4.07. The highest BCUT2D eigenvalue weighted by Gasteiger charge is 2.18. The maximum atomic E-state index is 10.7. The lowest BCUT2D eigenvalue weighted by atomic mass is 10.0. The minimum absolute atomic E-state index is 0.00196. The molecule has 0 radical (unpaired) electrons. The Bertz CT molecular complexity index is 831. The maximum Gasteiger partial charge on any atom is 0.269 e. The van der Waals surface area contributed by atoms with Crippen LogP contribution in [0.2, 0.25) is 0 Å². The van der Waals surface area contributed by atoms with Crippen LogP contribution in [0.3, 0.4) is 0 Å². The molecule has 0 saturated heterocycles. The Kier molecular flexibility index (Phi) is 4.74. The smallest absolute Gasteiger partial charge is 0.269 e. The number of phenols is 1. The Morgan fingerprint density at radius 2 is 2.04 bits per heavy atom. The number of nitro benzene ring substituents is 1. The summed E-state index contributed by atoms with van der Waals surface area (Å²) in [5.41, 5.74) is 2.98. The SMILES string of the molecule is C=CCN1CCCc2cc(N=Nc3ccc([N+](=O)[O-])cc3)c(O)cc21. The molecule has 7 heteroatoms. The van der Waals surface area contributed by atoms with E-state index < -0.39 is 4.92 Å². The van der Waals surface area contributed by atoms with E-state index in [1.165, 1.54) is 24.3 Å². The minimum Gasteiger partial charge on any atom is -0.506 e. The van der Waals surface area contributed by atoms with Crippen molar-refractivity contribution in [3.05, 3.63) is 64.7 Å². The Hall–Kier alpha value is -3.22. The van der Waals surface area contributed by atoms with Gasteiger partial charge in [0.25, 0.3) is 5.69 Å². The summed E-state index contributed by atoms with van der Waals surface area (Å²) in [6.07, 6.45) is 3.79. The van der Waals surface area contributed by atoms with Gasteiger partial charge in [0.05, 0.1) is 10.6 Å². The molecule has 0 amide bonds. The number of non-ortho nitro benzene ring substituents is 1. The molecule has 7 nitrogen and oxygen atoms in total. The summed E-state index contributed by atoms with van der Waals surface area (Å²) in [6, 6.07) is 9.32. The van der Waals surface area contributed by atoms with Gasteiger partial charge in [0.15, 0.2) is 0 Å². The van der Waals surface area contributed by atoms with Crippen LogP contribution in [0.4, 0.5) is 22.7 Å². The number of rotatable bonds is 5. The lowest BCUT2D eigenvalue weighted by Gasteiger charge is -2.30. The van der Waals surface area contributed by atoms with Gasteiger partial charge >= 0.3 is 0 Å². The molecule has 0 aliphatic carbocycles. The molecule has 2 aromatic rings. The first-order chi connectivity index (χ1) is 12.1. The van der Waals surface area contributed by atoms with E-state index >= 15 is 0 Å². The second kappa shape index (κ2) is 7.12. The predicted octanol–water partition coefficient (Wildman–Crippen LogP) is 4.65. The van der Waals surface area contributed by atoms with Crippen LogP contribution in [0.5, 0.6) is 5.75 Å². The Labute approximate surface area is 145 Å². The molecule has 0 saturated carbocycles. The van der Waals surface area contributed by atoms with Gasteiger partial charge in [-0.25, -0.2) is 0 Å². The van der Waals surface area contributed by atoms with Crippen molar-refractivity contribution in [1.82, 2.24) is 0 Å². The zero-order valence-corrected chi connectivity index (χ0v) is 13.6. The molecule has 0 fully saturated rings. The Morgan fingerprint density at radius 1 is 1.28 bits per heavy atom. The molecule has 2 aromatic carbocycles. The summed E-state index contributed by atoms with van der Waals surface area (Å²) in [4.78, 5) is 12.4. The Balaban J connectivity index is 1.85. The van der Waals surface area contributed by atoms with Crippen molar-refractivity contribution in [2.45, 2.75) is 12.8 Å². The number of nitrogens with zero attached hydrogens (tertiary/aromatic N) is 4. The Morgan fingerprint density at radius 3 is 2.72 bits per heavy atom. The van der Waals surface area contributed by atoms with Crippen LogP contribution in [-0.2, 0) is 6.42 Å². The minimum atomic E-state index is -0.467. The van der Waals surface area contributed by atoms with Crippen molar-refractivity contribution in [2.75, 3.05) is 18.0 Å². The van der Waals surface area contributed by atoms with Crippen LogP contribution in [0.25, 0.3) is 0 Å². The topological polar surface area (TPSA) is 91.3 Å². The molecule has 0 atom stereocenters. The highest BCUT2D eigenvalue weighted by molar-refractivity contribution is 5.67. The molecule has 0 bridgehead atoms. The van der Waals surface area contributed by atoms with Crippen LogP contribution in [0, 0.1) is 10.1 Å². The maximum absolute atomic E-state index is 10.7. The third kappa shape index (κ3) is 3.65. The number of aromatic hydroxyl groups is 1. The lowest BCUT2D eigenvalue weighted by Crippen LogP contribution is -2.29. The highest BCUT2D eigenvalue weighted by Crippen LogP contribution is 2.38. The van der Waals surface area contributed by atoms with E-state index in [0.717, 1.165) is 37.2 Å². The van der Waals surface area contributed by atoms with Gasteiger partial charge in [-0.1, -0.05) is 6.08 Å². The first-order valence-electron chi connectivity index (χ1n) is 7.96. The molecule has 0 spiro atoms. The number of azo groups is 1. The number of anilines is 1. The van der Waals surface area contributed by atoms with E-state index in [9.17, 15) is 15.2 Å². The van der Waals surface area contributed by atoms with E-state index in [0.29, 0.717) is 11.4 Å². The van der Waals surface area contributed by atoms with Crippen LogP contribution in [0.15, 0.2) is 59.3 Å². The fourth-order valence-electron chi connectivity index (χ4n) is 2.86. The van der Waals surface area contributed by atoms with E-state index in [4.69, 9.17) is 0 Å². The molecule has 128 valence electrons. The average molecular weight is 338 g/mol. The second-order valence-corrected chi connectivity index (χ2v) is 5.78. The van der Waals surface area contributed by atoms with Gasteiger partial charge in [-0.15, -0.1) is 11.7 Å². The lowest BCUT2D eigenvalue weighted by molar-refractivity contribution is -0.384. The molecule has 0 unspecified atom stereocenters. The molecule has 1 aliphatic rings. The van der Waals surface area contributed by atoms with Gasteiger partial charge in [0.1, 0.15) is 11.4 Å². The number of hydrogen-bond donors (Lipinski definition) is 1. The second-order valence-electron chi connectivity index (χ2n) is 5.78. The van der Waals surface area contributed by atoms with Crippen molar-refractivity contribution < 1.29 is 10.0 Å². The van der Waals surface area contributed by atoms with Gasteiger partial charge in [-0.2, -0.15) is 5.11 Å². The van der Waals surface area contributed by atoms with Gasteiger partial charge in [-0.3, -0.25) is 10.1 Å². The first kappa shape index (κ1) is 16.6. The number of benzene rings is 2. The van der Waals surface area contributed by atoms with E-state index in [-0.39, 0.29) is 11.4 Å². The molecular formula is C18H18N4O3. The fraction of sp³-hybridized carbons (Fsp3) is 0.222. The molecule has 25 heavy (non-hydrogen) atoms.